The molecule has 0 atom stereocenters. The molecule has 0 fully saturated rings. The zero-order valence-corrected chi connectivity index (χ0v) is 15.2. The van der Waals surface area contributed by atoms with E-state index in [-0.39, 0.29) is 0 Å². The number of nitrogens with zero attached hydrogens (tertiary/aromatic N) is 2. The summed E-state index contributed by atoms with van der Waals surface area (Å²) in [5.41, 5.74) is 4.29. The number of benzene rings is 1. The number of ether oxygens (including phenoxy) is 1. The summed E-state index contributed by atoms with van der Waals surface area (Å²) in [5, 5.41) is 2.04. The fourth-order valence-electron chi connectivity index (χ4n) is 2.88. The zero-order valence-electron chi connectivity index (χ0n) is 14.4. The second-order valence-corrected chi connectivity index (χ2v) is 6.55. The zero-order chi connectivity index (χ0) is 18.0. The van der Waals surface area contributed by atoms with Gasteiger partial charge in [0, 0.05) is 23.2 Å². The molecule has 126 valence electrons. The molecule has 0 bridgehead atoms. The number of esters is 1. The summed E-state index contributed by atoms with van der Waals surface area (Å²) in [7, 11) is 1.79. The molecule has 0 amide bonds. The Kier molecular flexibility index (Phi) is 4.73. The van der Waals surface area contributed by atoms with Gasteiger partial charge in [0.15, 0.2) is 0 Å². The molecular formula is C20H18N2O2S. The van der Waals surface area contributed by atoms with Crippen molar-refractivity contribution in [3.8, 4) is 21.6 Å². The van der Waals surface area contributed by atoms with Crippen molar-refractivity contribution in [3.63, 3.8) is 0 Å². The first kappa shape index (κ1) is 17.0. The largest absolute Gasteiger partial charge is 0.461 e. The van der Waals surface area contributed by atoms with Crippen molar-refractivity contribution in [1.29, 1.82) is 0 Å². The van der Waals surface area contributed by atoms with Crippen LogP contribution in [0.25, 0.3) is 26.4 Å². The highest BCUT2D eigenvalue weighted by Crippen LogP contribution is 2.39. The highest BCUT2D eigenvalue weighted by molar-refractivity contribution is 7.13. The minimum atomic E-state index is -0.402. The molecule has 0 saturated heterocycles. The van der Waals surface area contributed by atoms with Gasteiger partial charge >= 0.3 is 5.97 Å². The van der Waals surface area contributed by atoms with Crippen molar-refractivity contribution in [2.75, 3.05) is 6.61 Å². The fourth-order valence-corrected chi connectivity index (χ4v) is 3.61. The van der Waals surface area contributed by atoms with Crippen LogP contribution < -0.4 is 0 Å². The normalized spacial score (nSPS) is 10.5. The Morgan fingerprint density at radius 2 is 1.92 bits per heavy atom. The Balaban J connectivity index is 2.14. The van der Waals surface area contributed by atoms with Crippen LogP contribution in [0.1, 0.15) is 23.1 Å². The first-order chi connectivity index (χ1) is 12.1. The molecule has 0 saturated carbocycles. The van der Waals surface area contributed by atoms with Crippen LogP contribution in [0.2, 0.25) is 0 Å². The quantitative estimate of drug-likeness (QED) is 0.463. The molecule has 0 aliphatic rings. The van der Waals surface area contributed by atoms with Crippen molar-refractivity contribution >= 4 is 23.0 Å². The predicted molar refractivity (Wildman–Crippen MR) is 101 cm³/mol. The van der Waals surface area contributed by atoms with Crippen molar-refractivity contribution in [2.24, 2.45) is 7.05 Å². The summed E-state index contributed by atoms with van der Waals surface area (Å²) in [5.74, 6) is -0.402. The lowest BCUT2D eigenvalue weighted by atomic mass is 10.0. The van der Waals surface area contributed by atoms with Crippen LogP contribution in [-0.2, 0) is 11.8 Å². The van der Waals surface area contributed by atoms with E-state index in [1.54, 1.807) is 29.9 Å². The van der Waals surface area contributed by atoms with Gasteiger partial charge < -0.3 is 9.30 Å². The Hall–Kier alpha value is -2.84. The summed E-state index contributed by atoms with van der Waals surface area (Å²) in [6.45, 7) is 11.5. The van der Waals surface area contributed by atoms with E-state index in [4.69, 9.17) is 11.3 Å². The second-order valence-electron chi connectivity index (χ2n) is 5.60. The number of carbonyl (C=O) groups is 1. The van der Waals surface area contributed by atoms with Gasteiger partial charge in [0.25, 0.3) is 0 Å². The maximum atomic E-state index is 12.5. The molecule has 0 radical (unpaired) electrons. The van der Waals surface area contributed by atoms with Crippen molar-refractivity contribution < 1.29 is 9.53 Å². The Morgan fingerprint density at radius 3 is 2.48 bits per heavy atom. The van der Waals surface area contributed by atoms with E-state index in [2.05, 4.69) is 10.9 Å². The van der Waals surface area contributed by atoms with E-state index in [0.717, 1.165) is 16.8 Å². The van der Waals surface area contributed by atoms with Crippen LogP contribution in [0.3, 0.4) is 0 Å². The molecule has 0 aliphatic carbocycles. The SMILES string of the molecule is [C-]#[N+]c1c(-c2ccc(-c3cccs3)cc2)c(C(=O)OCC)n(C)c1C. The van der Waals surface area contributed by atoms with E-state index in [9.17, 15) is 4.79 Å². The molecular weight excluding hydrogens is 332 g/mol. The van der Waals surface area contributed by atoms with Gasteiger partial charge in [-0.2, -0.15) is 0 Å². The average Bonchev–Trinajstić information content (AvgIpc) is 3.23. The molecule has 4 nitrogen and oxygen atoms in total. The molecule has 0 unspecified atom stereocenters. The summed E-state index contributed by atoms with van der Waals surface area (Å²) in [4.78, 5) is 17.3. The molecule has 0 N–H and O–H groups in total. The minimum Gasteiger partial charge on any atom is -0.461 e. The lowest BCUT2D eigenvalue weighted by molar-refractivity contribution is 0.0516. The molecule has 3 aromatic rings. The molecule has 3 rings (SSSR count). The van der Waals surface area contributed by atoms with Crippen LogP contribution in [0.15, 0.2) is 41.8 Å². The third-order valence-electron chi connectivity index (χ3n) is 4.21. The standard InChI is InChI=1S/C20H18N2O2S/c1-5-24-20(23)19-17(18(21-3)13(2)22(19)4)15-10-8-14(9-11-15)16-7-6-12-25-16/h6-12H,5H2,1-2,4H3. The average molecular weight is 350 g/mol. The first-order valence-corrected chi connectivity index (χ1v) is 8.84. The molecule has 2 aromatic heterocycles. The first-order valence-electron chi connectivity index (χ1n) is 7.96. The van der Waals surface area contributed by atoms with Gasteiger partial charge in [0.2, 0.25) is 5.69 Å². The van der Waals surface area contributed by atoms with Crippen LogP contribution in [0.5, 0.6) is 0 Å². The molecule has 2 heterocycles. The predicted octanol–water partition coefficient (Wildman–Crippen LogP) is 5.46. The lowest BCUT2D eigenvalue weighted by Gasteiger charge is -2.09. The van der Waals surface area contributed by atoms with E-state index >= 15 is 0 Å². The van der Waals surface area contributed by atoms with Crippen LogP contribution in [-0.4, -0.2) is 17.1 Å². The van der Waals surface area contributed by atoms with Gasteiger partial charge in [-0.15, -0.1) is 11.3 Å². The summed E-state index contributed by atoms with van der Waals surface area (Å²) < 4.78 is 6.95. The Morgan fingerprint density at radius 1 is 1.24 bits per heavy atom. The minimum absolute atomic E-state index is 0.299. The van der Waals surface area contributed by atoms with Gasteiger partial charge in [0.1, 0.15) is 5.69 Å². The van der Waals surface area contributed by atoms with Crippen molar-refractivity contribution in [1.82, 2.24) is 4.57 Å². The van der Waals surface area contributed by atoms with E-state index in [1.807, 2.05) is 42.6 Å². The number of carbonyl (C=O) groups excluding carboxylic acids is 1. The number of hydrogen-bond donors (Lipinski definition) is 0. The molecule has 25 heavy (non-hydrogen) atoms. The van der Waals surface area contributed by atoms with Gasteiger partial charge in [-0.05, 0) is 36.4 Å². The number of thiophene rings is 1. The Labute approximate surface area is 151 Å². The van der Waals surface area contributed by atoms with Gasteiger partial charge in [0.05, 0.1) is 13.2 Å². The molecule has 1 aromatic carbocycles. The Bertz CT molecular complexity index is 945. The van der Waals surface area contributed by atoms with E-state index in [1.165, 1.54) is 4.88 Å². The third kappa shape index (κ3) is 2.97. The number of aromatic nitrogens is 1. The highest BCUT2D eigenvalue weighted by atomic mass is 32.1. The van der Waals surface area contributed by atoms with Gasteiger partial charge in [-0.25, -0.2) is 9.64 Å². The smallest absolute Gasteiger partial charge is 0.354 e. The number of hydrogen-bond acceptors (Lipinski definition) is 3. The van der Waals surface area contributed by atoms with E-state index in [0.29, 0.717) is 23.6 Å². The lowest BCUT2D eigenvalue weighted by Crippen LogP contribution is -2.11. The maximum absolute atomic E-state index is 12.5. The summed E-state index contributed by atoms with van der Waals surface area (Å²) in [6, 6.07) is 12.0. The van der Waals surface area contributed by atoms with Crippen molar-refractivity contribution in [2.45, 2.75) is 13.8 Å². The monoisotopic (exact) mass is 350 g/mol. The fraction of sp³-hybridized carbons (Fsp3) is 0.200. The van der Waals surface area contributed by atoms with Crippen LogP contribution >= 0.6 is 11.3 Å². The van der Waals surface area contributed by atoms with Crippen LogP contribution in [0, 0.1) is 13.5 Å². The number of rotatable bonds is 4. The second kappa shape index (κ2) is 6.96. The maximum Gasteiger partial charge on any atom is 0.354 e. The summed E-state index contributed by atoms with van der Waals surface area (Å²) >= 11 is 1.68. The topological polar surface area (TPSA) is 35.6 Å². The third-order valence-corrected chi connectivity index (χ3v) is 5.13. The highest BCUT2D eigenvalue weighted by Gasteiger charge is 2.25. The molecule has 0 spiro atoms. The molecule has 0 aliphatic heterocycles. The molecule has 5 heteroatoms. The summed E-state index contributed by atoms with van der Waals surface area (Å²) in [6.07, 6.45) is 0. The van der Waals surface area contributed by atoms with E-state index < -0.39 is 5.97 Å². The van der Waals surface area contributed by atoms with Crippen LogP contribution in [0.4, 0.5) is 5.69 Å². The van der Waals surface area contributed by atoms with Crippen molar-refractivity contribution in [3.05, 3.63) is 64.6 Å². The van der Waals surface area contributed by atoms with Gasteiger partial charge in [-0.3, -0.25) is 0 Å². The van der Waals surface area contributed by atoms with Gasteiger partial charge in [-0.1, -0.05) is 30.3 Å².